The Morgan fingerprint density at radius 2 is 1.40 bits per heavy atom. The summed E-state index contributed by atoms with van der Waals surface area (Å²) in [5.74, 6) is 0.527. The van der Waals surface area contributed by atoms with Gasteiger partial charge in [-0.3, -0.25) is 4.79 Å². The van der Waals surface area contributed by atoms with Crippen LogP contribution in [-0.4, -0.2) is 20.5 Å². The van der Waals surface area contributed by atoms with Gasteiger partial charge in [0.25, 0.3) is 5.91 Å². The van der Waals surface area contributed by atoms with Crippen LogP contribution in [0.2, 0.25) is 0 Å². The minimum atomic E-state index is -0.200. The molecule has 0 fully saturated rings. The van der Waals surface area contributed by atoms with Crippen molar-refractivity contribution in [3.63, 3.8) is 0 Å². The van der Waals surface area contributed by atoms with Crippen molar-refractivity contribution in [3.8, 4) is 5.75 Å². The summed E-state index contributed by atoms with van der Waals surface area (Å²) in [4.78, 5) is 14.2. The van der Waals surface area contributed by atoms with Crippen LogP contribution in [0.4, 0.5) is 0 Å². The van der Waals surface area contributed by atoms with E-state index in [-0.39, 0.29) is 5.91 Å². The van der Waals surface area contributed by atoms with E-state index in [9.17, 15) is 4.79 Å². The lowest BCUT2D eigenvalue weighted by atomic mass is 10.1. The van der Waals surface area contributed by atoms with Crippen LogP contribution in [0, 0.1) is 0 Å². The van der Waals surface area contributed by atoms with Gasteiger partial charge in [-0.2, -0.15) is 0 Å². The highest BCUT2D eigenvalue weighted by molar-refractivity contribution is 7.80. The summed E-state index contributed by atoms with van der Waals surface area (Å²) in [6, 6.07) is 33.0. The van der Waals surface area contributed by atoms with E-state index in [0.717, 1.165) is 44.5 Å². The Balaban J connectivity index is 1.45. The van der Waals surface area contributed by atoms with Gasteiger partial charge in [0.15, 0.2) is 0 Å². The van der Waals surface area contributed by atoms with E-state index in [1.165, 1.54) is 0 Å². The van der Waals surface area contributed by atoms with E-state index >= 15 is 0 Å². The Morgan fingerprint density at radius 3 is 2.10 bits per heavy atom. The molecule has 8 heteroatoms. The van der Waals surface area contributed by atoms with Crippen LogP contribution in [-0.2, 0) is 19.7 Å². The normalized spacial score (nSPS) is 10.8. The minimum Gasteiger partial charge on any atom is -0.489 e. The molecule has 40 heavy (non-hydrogen) atoms. The van der Waals surface area contributed by atoms with Crippen molar-refractivity contribution in [1.29, 1.82) is 0 Å². The van der Waals surface area contributed by atoms with Crippen molar-refractivity contribution in [2.75, 3.05) is 0 Å². The molecule has 0 saturated heterocycles. The minimum absolute atomic E-state index is 0.200. The summed E-state index contributed by atoms with van der Waals surface area (Å²) in [5.41, 5.74) is 17.6. The van der Waals surface area contributed by atoms with E-state index in [1.54, 1.807) is 0 Å². The Kier molecular flexibility index (Phi) is 8.19. The molecule has 0 saturated carbocycles. The smallest absolute Gasteiger partial charge is 0.268 e. The second kappa shape index (κ2) is 12.1. The number of benzene rings is 4. The first-order valence-electron chi connectivity index (χ1n) is 12.7. The fourth-order valence-electron chi connectivity index (χ4n) is 4.55. The molecule has 0 spiro atoms. The second-order valence-corrected chi connectivity index (χ2v) is 10.3. The molecule has 6 nitrogen and oxygen atoms in total. The third-order valence-electron chi connectivity index (χ3n) is 6.57. The number of ether oxygens (including phenoxy) is 1. The summed E-state index contributed by atoms with van der Waals surface area (Å²) in [5, 5.41) is 3.94. The van der Waals surface area contributed by atoms with Gasteiger partial charge in [0.2, 0.25) is 0 Å². The van der Waals surface area contributed by atoms with Crippen molar-refractivity contribution in [3.05, 3.63) is 137 Å². The fourth-order valence-corrected chi connectivity index (χ4v) is 4.81. The molecule has 5 rings (SSSR count). The van der Waals surface area contributed by atoms with Gasteiger partial charge in [0.05, 0.1) is 0 Å². The number of fused-ring (bicyclic) bond motifs is 1. The first kappa shape index (κ1) is 27.1. The van der Waals surface area contributed by atoms with Gasteiger partial charge in [-0.05, 0) is 53.1 Å². The molecule has 0 aliphatic heterocycles. The molecular formula is C32H28N4O2S2. The number of nitrogens with two attached hydrogens (primary N) is 2. The van der Waals surface area contributed by atoms with Gasteiger partial charge >= 0.3 is 0 Å². The van der Waals surface area contributed by atoms with Crippen LogP contribution < -0.4 is 21.5 Å². The largest absolute Gasteiger partial charge is 0.489 e. The number of nitrogens with zero attached hydrogens (tertiary/aromatic N) is 1. The maximum absolute atomic E-state index is 13.5. The molecule has 4 aromatic carbocycles. The molecule has 0 aliphatic rings. The van der Waals surface area contributed by atoms with Crippen molar-refractivity contribution in [1.82, 2.24) is 9.88 Å². The molecule has 0 atom stereocenters. The highest BCUT2D eigenvalue weighted by atomic mass is 32.1. The Bertz CT molecular complexity index is 1710. The number of carbonyl (C=O) groups excluding carboxylic acids is 1. The lowest BCUT2D eigenvalue weighted by Gasteiger charge is -2.13. The third kappa shape index (κ3) is 6.36. The number of aromatic nitrogens is 1. The number of carbonyl (C=O) groups is 1. The number of hydrogen-bond donors (Lipinski definition) is 3. The van der Waals surface area contributed by atoms with Crippen LogP contribution in [0.5, 0.6) is 5.75 Å². The summed E-state index contributed by atoms with van der Waals surface area (Å²) >= 11 is 10.3. The maximum Gasteiger partial charge on any atom is 0.268 e. The van der Waals surface area contributed by atoms with Crippen LogP contribution in [0.15, 0.2) is 103 Å². The predicted molar refractivity (Wildman–Crippen MR) is 168 cm³/mol. The van der Waals surface area contributed by atoms with Crippen molar-refractivity contribution >= 4 is 51.2 Å². The van der Waals surface area contributed by atoms with Crippen LogP contribution in [0.3, 0.4) is 0 Å². The molecule has 1 heterocycles. The highest BCUT2D eigenvalue weighted by Crippen LogP contribution is 2.27. The quantitative estimate of drug-likeness (QED) is 0.195. The zero-order chi connectivity index (χ0) is 28.1. The number of amides is 1. The van der Waals surface area contributed by atoms with Crippen molar-refractivity contribution in [2.24, 2.45) is 11.5 Å². The molecule has 5 N–H and O–H groups in total. The Morgan fingerprint density at radius 1 is 0.750 bits per heavy atom. The summed E-state index contributed by atoms with van der Waals surface area (Å²) in [7, 11) is 0. The molecule has 0 bridgehead atoms. The lowest BCUT2D eigenvalue weighted by Crippen LogP contribution is -2.26. The highest BCUT2D eigenvalue weighted by Gasteiger charge is 2.17. The number of rotatable bonds is 10. The van der Waals surface area contributed by atoms with Crippen molar-refractivity contribution < 1.29 is 9.53 Å². The number of thiocarbonyl (C=S) groups is 2. The molecule has 0 unspecified atom stereocenters. The monoisotopic (exact) mass is 564 g/mol. The zero-order valence-electron chi connectivity index (χ0n) is 21.7. The Hall–Kier alpha value is -4.53. The van der Waals surface area contributed by atoms with E-state index < -0.39 is 0 Å². The zero-order valence-corrected chi connectivity index (χ0v) is 23.3. The third-order valence-corrected chi connectivity index (χ3v) is 7.04. The van der Waals surface area contributed by atoms with E-state index in [2.05, 4.69) is 5.32 Å². The van der Waals surface area contributed by atoms with E-state index in [1.807, 2.05) is 108 Å². The van der Waals surface area contributed by atoms with Gasteiger partial charge < -0.3 is 26.1 Å². The van der Waals surface area contributed by atoms with Crippen LogP contribution in [0.1, 0.15) is 38.3 Å². The molecule has 1 aromatic heterocycles. The van der Waals surface area contributed by atoms with Crippen molar-refractivity contribution in [2.45, 2.75) is 19.7 Å². The number of nitrogens with one attached hydrogen (secondary N) is 1. The summed E-state index contributed by atoms with van der Waals surface area (Å²) < 4.78 is 8.04. The molecule has 0 radical (unpaired) electrons. The predicted octanol–water partition coefficient (Wildman–Crippen LogP) is 5.47. The standard InChI is InChI=1S/C32H28N4O2S2/c33-30(39)24-10-4-8-22(14-24)18-35-32(37)29-17-26-16-27(38-20-21-6-2-1-3-7-21)12-13-28(26)36(29)19-23-9-5-11-25(15-23)31(34)40/h1-17H,18-20H2,(H2,33,39)(H2,34,40)(H,35,37). The molecule has 5 aromatic rings. The first-order chi connectivity index (χ1) is 19.4. The molecular weight excluding hydrogens is 537 g/mol. The second-order valence-electron chi connectivity index (χ2n) is 9.42. The van der Waals surface area contributed by atoms with E-state index in [4.69, 9.17) is 40.6 Å². The SMILES string of the molecule is NC(=S)c1cccc(CNC(=O)c2cc3cc(OCc4ccccc4)ccc3n2Cc2cccc(C(N)=S)c2)c1. The van der Waals surface area contributed by atoms with Gasteiger partial charge in [0.1, 0.15) is 28.0 Å². The molecule has 1 amide bonds. The first-order valence-corrected chi connectivity index (χ1v) is 13.5. The molecule has 0 aliphatic carbocycles. The van der Waals surface area contributed by atoms with Gasteiger partial charge in [0, 0.05) is 35.1 Å². The molecule has 200 valence electrons. The van der Waals surface area contributed by atoms with Crippen LogP contribution >= 0.6 is 24.4 Å². The fraction of sp³-hybridized carbons (Fsp3) is 0.0938. The average molecular weight is 565 g/mol. The topological polar surface area (TPSA) is 95.3 Å². The Labute approximate surface area is 243 Å². The average Bonchev–Trinajstić information content (AvgIpc) is 3.33. The summed E-state index contributed by atoms with van der Waals surface area (Å²) in [6.45, 7) is 1.25. The van der Waals surface area contributed by atoms with Gasteiger partial charge in [-0.1, -0.05) is 91.2 Å². The van der Waals surface area contributed by atoms with Gasteiger partial charge in [-0.25, -0.2) is 0 Å². The van der Waals surface area contributed by atoms with Crippen LogP contribution in [0.25, 0.3) is 10.9 Å². The summed E-state index contributed by atoms with van der Waals surface area (Å²) in [6.07, 6.45) is 0. The van der Waals surface area contributed by atoms with Gasteiger partial charge in [-0.15, -0.1) is 0 Å². The number of hydrogen-bond acceptors (Lipinski definition) is 4. The maximum atomic E-state index is 13.5. The van der Waals surface area contributed by atoms with E-state index in [0.29, 0.717) is 35.4 Å². The lowest BCUT2D eigenvalue weighted by molar-refractivity contribution is 0.0942.